The van der Waals surface area contributed by atoms with E-state index in [0.717, 1.165) is 11.1 Å². The lowest BCUT2D eigenvalue weighted by molar-refractivity contribution is -0.148. The minimum atomic E-state index is -0.905. The average Bonchev–Trinajstić information content (AvgIpc) is 2.64. The Bertz CT molecular complexity index is 981. The molecular formula is C24H29NO5. The van der Waals surface area contributed by atoms with Crippen LogP contribution in [0.15, 0.2) is 47.4 Å². The molecule has 1 N–H and O–H groups in total. The van der Waals surface area contributed by atoms with Gasteiger partial charge in [-0.3, -0.25) is 9.59 Å². The zero-order chi connectivity index (χ0) is 22.3. The van der Waals surface area contributed by atoms with Crippen LogP contribution >= 0.6 is 0 Å². The van der Waals surface area contributed by atoms with Gasteiger partial charge < -0.3 is 14.4 Å². The summed E-state index contributed by atoms with van der Waals surface area (Å²) in [5.41, 5.74) is 2.18. The molecule has 0 aliphatic carbocycles. The van der Waals surface area contributed by atoms with Gasteiger partial charge in [-0.25, -0.2) is 4.79 Å². The molecule has 0 spiro atoms. The van der Waals surface area contributed by atoms with E-state index < -0.39 is 17.5 Å². The quantitative estimate of drug-likeness (QED) is 0.525. The van der Waals surface area contributed by atoms with Gasteiger partial charge in [0.25, 0.3) is 5.56 Å². The number of carboxylic acids is 1. The molecule has 0 atom stereocenters. The number of hydrogen-bond donors (Lipinski definition) is 1. The number of carbonyl (C=O) groups excluding carboxylic acids is 1. The van der Waals surface area contributed by atoms with Gasteiger partial charge in [-0.1, -0.05) is 30.3 Å². The normalized spacial score (nSPS) is 11.6. The highest BCUT2D eigenvalue weighted by molar-refractivity contribution is 5.87. The number of rotatable bonds is 8. The summed E-state index contributed by atoms with van der Waals surface area (Å²) in [5.74, 6) is -1.40. The van der Waals surface area contributed by atoms with E-state index in [0.29, 0.717) is 30.5 Å². The third-order valence-electron chi connectivity index (χ3n) is 4.42. The Kier molecular flexibility index (Phi) is 7.75. The van der Waals surface area contributed by atoms with Crippen molar-refractivity contribution in [2.24, 2.45) is 0 Å². The number of ether oxygens (including phenoxy) is 1. The Morgan fingerprint density at radius 3 is 2.43 bits per heavy atom. The van der Waals surface area contributed by atoms with Crippen LogP contribution in [-0.4, -0.2) is 27.2 Å². The molecule has 1 aromatic carbocycles. The second kappa shape index (κ2) is 10.1. The number of esters is 1. The summed E-state index contributed by atoms with van der Waals surface area (Å²) in [5, 5.41) is 8.96. The van der Waals surface area contributed by atoms with E-state index in [1.54, 1.807) is 37.6 Å². The van der Waals surface area contributed by atoms with Gasteiger partial charge in [0.2, 0.25) is 0 Å². The fourth-order valence-electron chi connectivity index (χ4n) is 3.16. The first-order chi connectivity index (χ1) is 14.1. The molecule has 6 heteroatoms. The van der Waals surface area contributed by atoms with Gasteiger partial charge in [-0.05, 0) is 63.3 Å². The van der Waals surface area contributed by atoms with E-state index in [1.165, 1.54) is 6.08 Å². The molecule has 0 amide bonds. The highest BCUT2D eigenvalue weighted by Crippen LogP contribution is 2.17. The number of aryl methyl sites for hydroxylation is 1. The highest BCUT2D eigenvalue weighted by Gasteiger charge is 2.16. The maximum absolute atomic E-state index is 13.2. The molecule has 0 aliphatic rings. The number of benzene rings is 1. The zero-order valence-electron chi connectivity index (χ0n) is 18.0. The van der Waals surface area contributed by atoms with Crippen molar-refractivity contribution in [1.29, 1.82) is 0 Å². The first kappa shape index (κ1) is 23.1. The number of pyridine rings is 1. The maximum Gasteiger partial charge on any atom is 0.331 e. The van der Waals surface area contributed by atoms with Crippen LogP contribution in [0.5, 0.6) is 0 Å². The van der Waals surface area contributed by atoms with E-state index in [4.69, 9.17) is 9.84 Å². The second-order valence-corrected chi connectivity index (χ2v) is 8.24. The van der Waals surface area contributed by atoms with Crippen LogP contribution < -0.4 is 5.56 Å². The monoisotopic (exact) mass is 411 g/mol. The largest absolute Gasteiger partial charge is 0.481 e. The van der Waals surface area contributed by atoms with Crippen LogP contribution in [0, 0.1) is 6.92 Å². The topological polar surface area (TPSA) is 85.6 Å². The van der Waals surface area contributed by atoms with Crippen molar-refractivity contribution in [2.75, 3.05) is 0 Å². The van der Waals surface area contributed by atoms with Gasteiger partial charge in [0.15, 0.2) is 0 Å². The van der Waals surface area contributed by atoms with Crippen molar-refractivity contribution in [3.8, 4) is 0 Å². The summed E-state index contributed by atoms with van der Waals surface area (Å²) in [6.07, 6.45) is 5.30. The number of hydrogen-bond acceptors (Lipinski definition) is 4. The van der Waals surface area contributed by atoms with Gasteiger partial charge in [-0.15, -0.1) is 0 Å². The molecule has 0 fully saturated rings. The van der Waals surface area contributed by atoms with Crippen molar-refractivity contribution in [2.45, 2.75) is 59.1 Å². The molecule has 1 heterocycles. The average molecular weight is 411 g/mol. The van der Waals surface area contributed by atoms with Crippen LogP contribution in [0.1, 0.15) is 55.9 Å². The van der Waals surface area contributed by atoms with E-state index in [9.17, 15) is 14.4 Å². The molecule has 2 aromatic rings. The van der Waals surface area contributed by atoms with Crippen LogP contribution in [0.25, 0.3) is 6.08 Å². The molecule has 0 radical (unpaired) electrons. The Balaban J connectivity index is 2.41. The summed E-state index contributed by atoms with van der Waals surface area (Å²) < 4.78 is 6.93. The van der Waals surface area contributed by atoms with Crippen molar-refractivity contribution in [1.82, 2.24) is 4.57 Å². The van der Waals surface area contributed by atoms with Gasteiger partial charge in [-0.2, -0.15) is 0 Å². The van der Waals surface area contributed by atoms with Crippen LogP contribution in [-0.2, 0) is 27.3 Å². The molecule has 0 saturated heterocycles. The SMILES string of the molecule is Cc1cn(Cc2ccccc2)c(=O)c(CCCC(=O)O)c1C=CC(=O)OC(C)(C)C. The highest BCUT2D eigenvalue weighted by atomic mass is 16.6. The van der Waals surface area contributed by atoms with Crippen molar-refractivity contribution in [3.63, 3.8) is 0 Å². The number of carboxylic acid groups (broad SMARTS) is 1. The molecular weight excluding hydrogens is 382 g/mol. The zero-order valence-corrected chi connectivity index (χ0v) is 18.0. The van der Waals surface area contributed by atoms with Gasteiger partial charge in [0.05, 0.1) is 6.54 Å². The number of aliphatic carboxylic acids is 1. The van der Waals surface area contributed by atoms with Gasteiger partial charge in [0.1, 0.15) is 5.60 Å². The fourth-order valence-corrected chi connectivity index (χ4v) is 3.16. The molecule has 0 unspecified atom stereocenters. The van der Waals surface area contributed by atoms with E-state index in [1.807, 2.05) is 37.3 Å². The summed E-state index contributed by atoms with van der Waals surface area (Å²) >= 11 is 0. The summed E-state index contributed by atoms with van der Waals surface area (Å²) in [6, 6.07) is 9.64. The lowest BCUT2D eigenvalue weighted by atomic mass is 9.99. The molecule has 6 nitrogen and oxygen atoms in total. The number of aromatic nitrogens is 1. The Morgan fingerprint density at radius 2 is 1.83 bits per heavy atom. The molecule has 0 aliphatic heterocycles. The molecule has 160 valence electrons. The van der Waals surface area contributed by atoms with Gasteiger partial charge >= 0.3 is 11.9 Å². The van der Waals surface area contributed by atoms with Crippen molar-refractivity contribution in [3.05, 3.63) is 75.2 Å². The van der Waals surface area contributed by atoms with Crippen LogP contribution in [0.3, 0.4) is 0 Å². The van der Waals surface area contributed by atoms with Crippen LogP contribution in [0.2, 0.25) is 0 Å². The summed E-state index contributed by atoms with van der Waals surface area (Å²) in [4.78, 5) is 36.2. The predicted octanol–water partition coefficient (Wildman–Crippen LogP) is 3.97. The molecule has 30 heavy (non-hydrogen) atoms. The Labute approximate surface area is 176 Å². The fraction of sp³-hybridized carbons (Fsp3) is 0.375. The van der Waals surface area contributed by atoms with E-state index >= 15 is 0 Å². The molecule has 0 bridgehead atoms. The molecule has 0 saturated carbocycles. The maximum atomic E-state index is 13.2. The lowest BCUT2D eigenvalue weighted by Gasteiger charge is -2.18. The van der Waals surface area contributed by atoms with E-state index in [2.05, 4.69) is 0 Å². The summed E-state index contributed by atoms with van der Waals surface area (Å²) in [7, 11) is 0. The van der Waals surface area contributed by atoms with Gasteiger partial charge in [0, 0.05) is 24.3 Å². The van der Waals surface area contributed by atoms with E-state index in [-0.39, 0.29) is 12.0 Å². The summed E-state index contributed by atoms with van der Waals surface area (Å²) in [6.45, 7) is 7.64. The number of nitrogens with zero attached hydrogens (tertiary/aromatic N) is 1. The van der Waals surface area contributed by atoms with Crippen molar-refractivity contribution < 1.29 is 19.4 Å². The third-order valence-corrected chi connectivity index (χ3v) is 4.42. The first-order valence-corrected chi connectivity index (χ1v) is 9.96. The third kappa shape index (κ3) is 7.03. The van der Waals surface area contributed by atoms with Crippen molar-refractivity contribution >= 4 is 18.0 Å². The minimum Gasteiger partial charge on any atom is -0.481 e. The number of carbonyl (C=O) groups is 2. The predicted molar refractivity (Wildman–Crippen MR) is 116 cm³/mol. The second-order valence-electron chi connectivity index (χ2n) is 8.24. The lowest BCUT2D eigenvalue weighted by Crippen LogP contribution is -2.26. The smallest absolute Gasteiger partial charge is 0.331 e. The minimum absolute atomic E-state index is 0.0265. The first-order valence-electron chi connectivity index (χ1n) is 9.96. The molecule has 2 rings (SSSR count). The van der Waals surface area contributed by atoms with Crippen LogP contribution in [0.4, 0.5) is 0 Å². The Hall–Kier alpha value is -3.15. The molecule has 1 aromatic heterocycles. The Morgan fingerprint density at radius 1 is 1.17 bits per heavy atom. The standard InChI is InChI=1S/C24H29NO5/c1-17-15-25(16-18-9-6-5-7-10-18)23(29)20(11-8-12-21(26)27)19(17)13-14-22(28)30-24(2,3)4/h5-7,9-10,13-15H,8,11-12,16H2,1-4H3,(H,26,27).